The van der Waals surface area contributed by atoms with Crippen molar-refractivity contribution in [3.05, 3.63) is 99.8 Å². The second-order valence-electron chi connectivity index (χ2n) is 11.0. The van der Waals surface area contributed by atoms with Crippen LogP contribution < -0.4 is 15.2 Å². The van der Waals surface area contributed by atoms with E-state index in [0.717, 1.165) is 34.2 Å². The maximum atomic E-state index is 12.9. The standard InChI is InChI=1S/C31H30N4O5Si/c1-33(2)19-8-11-22-25(16-19)41(5,6)26-17-20(34(3)4)9-12-23(26)29(22)21-10-7-18(15-24(21)30(37)38)31(39)40-35-27(32)13-14-28(35)36/h7-17,32H,1-6H3. The van der Waals surface area contributed by atoms with E-state index in [-0.39, 0.29) is 17.0 Å². The zero-order valence-electron chi connectivity index (χ0n) is 23.7. The third kappa shape index (κ3) is 4.65. The van der Waals surface area contributed by atoms with Gasteiger partial charge in [-0.05, 0) is 69.1 Å². The average molecular weight is 567 g/mol. The van der Waals surface area contributed by atoms with E-state index in [1.54, 1.807) is 6.07 Å². The van der Waals surface area contributed by atoms with Crippen molar-refractivity contribution in [2.45, 2.75) is 13.1 Å². The lowest BCUT2D eigenvalue weighted by Gasteiger charge is -2.38. The Morgan fingerprint density at radius 1 is 1.00 bits per heavy atom. The van der Waals surface area contributed by atoms with Crippen LogP contribution >= 0.6 is 0 Å². The summed E-state index contributed by atoms with van der Waals surface area (Å²) in [6.07, 6.45) is 8.55. The minimum atomic E-state index is -2.24. The highest BCUT2D eigenvalue weighted by Crippen LogP contribution is 2.42. The molecule has 2 aromatic rings. The van der Waals surface area contributed by atoms with Crippen molar-refractivity contribution in [2.75, 3.05) is 33.1 Å². The average Bonchev–Trinajstić information content (AvgIpc) is 3.24. The Morgan fingerprint density at radius 2 is 1.71 bits per heavy atom. The van der Waals surface area contributed by atoms with Crippen molar-refractivity contribution in [1.29, 1.82) is 5.41 Å². The zero-order chi connectivity index (χ0) is 29.8. The highest BCUT2D eigenvalue weighted by Gasteiger charge is 2.41. The fraction of sp³-hybridized carbons (Fsp3) is 0.194. The van der Waals surface area contributed by atoms with Crippen LogP contribution in [0.5, 0.6) is 0 Å². The highest BCUT2D eigenvalue weighted by molar-refractivity contribution is 6.98. The molecule has 0 bridgehead atoms. The van der Waals surface area contributed by atoms with Crippen LogP contribution in [0.2, 0.25) is 13.1 Å². The fourth-order valence-electron chi connectivity index (χ4n) is 5.36. The first-order valence-electron chi connectivity index (χ1n) is 13.0. The van der Waals surface area contributed by atoms with Crippen LogP contribution in [0.15, 0.2) is 77.5 Å². The van der Waals surface area contributed by atoms with Crippen LogP contribution in [-0.2, 0) is 9.63 Å². The lowest BCUT2D eigenvalue weighted by Crippen LogP contribution is -2.50. The van der Waals surface area contributed by atoms with Crippen molar-refractivity contribution in [2.24, 2.45) is 0 Å². The van der Waals surface area contributed by atoms with Gasteiger partial charge in [-0.1, -0.05) is 25.2 Å². The number of aromatic carboxylic acids is 1. The molecular weight excluding hydrogens is 536 g/mol. The van der Waals surface area contributed by atoms with Gasteiger partial charge in [0.25, 0.3) is 5.91 Å². The lowest BCUT2D eigenvalue weighted by molar-refractivity contribution is -0.462. The van der Waals surface area contributed by atoms with Crippen molar-refractivity contribution in [3.63, 3.8) is 0 Å². The number of nitrogens with one attached hydrogen (secondary N) is 1. The zero-order valence-corrected chi connectivity index (χ0v) is 24.7. The number of hydrogen-bond donors (Lipinski definition) is 1. The molecule has 2 aliphatic heterocycles. The normalized spacial score (nSPS) is 16.9. The predicted molar refractivity (Wildman–Crippen MR) is 158 cm³/mol. The summed E-state index contributed by atoms with van der Waals surface area (Å²) in [7, 11) is 5.71. The van der Waals surface area contributed by atoms with Crippen molar-refractivity contribution in [3.8, 4) is 0 Å². The number of amidine groups is 1. The molecule has 2 aromatic carbocycles. The van der Waals surface area contributed by atoms with E-state index < -0.39 is 25.9 Å². The molecular formula is C31H30N4O5Si. The van der Waals surface area contributed by atoms with Crippen molar-refractivity contribution in [1.82, 2.24) is 5.06 Å². The SMILES string of the molecule is CN(C)c1ccc2c(c1)[Si](C)(C)C1=CC(=[N+](C)C)C=CC1=C2c1ccc(C(=O)ON2C(=N)C=CC2=O)cc1C(=O)[O-]. The molecule has 3 aliphatic rings. The summed E-state index contributed by atoms with van der Waals surface area (Å²) in [5.41, 5.74) is 4.87. The molecule has 1 amide bonds. The first-order valence-corrected chi connectivity index (χ1v) is 16.0. The molecule has 5 rings (SSSR count). The van der Waals surface area contributed by atoms with Gasteiger partial charge in [-0.25, -0.2) is 9.37 Å². The molecule has 0 saturated heterocycles. The number of hydrogen-bond acceptors (Lipinski definition) is 7. The van der Waals surface area contributed by atoms with Crippen LogP contribution in [0.3, 0.4) is 0 Å². The summed E-state index contributed by atoms with van der Waals surface area (Å²) in [6, 6.07) is 10.5. The number of anilines is 1. The molecule has 1 aliphatic carbocycles. The summed E-state index contributed by atoms with van der Waals surface area (Å²) in [5.74, 6) is -3.39. The largest absolute Gasteiger partial charge is 0.545 e. The Kier molecular flexibility index (Phi) is 6.74. The molecule has 208 valence electrons. The molecule has 9 nitrogen and oxygen atoms in total. The van der Waals surface area contributed by atoms with Gasteiger partial charge in [0.1, 0.15) is 22.2 Å². The van der Waals surface area contributed by atoms with Crippen molar-refractivity contribution >= 4 is 53.9 Å². The Balaban J connectivity index is 1.71. The molecule has 1 N–H and O–H groups in total. The quantitative estimate of drug-likeness (QED) is 0.438. The summed E-state index contributed by atoms with van der Waals surface area (Å²) in [6.45, 7) is 4.59. The second kappa shape index (κ2) is 9.97. The number of carbonyl (C=O) groups excluding carboxylic acids is 3. The van der Waals surface area contributed by atoms with Crippen LogP contribution in [0.1, 0.15) is 31.8 Å². The van der Waals surface area contributed by atoms with Crippen LogP contribution in [0.25, 0.3) is 5.57 Å². The van der Waals surface area contributed by atoms with E-state index in [2.05, 4.69) is 25.2 Å². The van der Waals surface area contributed by atoms with E-state index >= 15 is 0 Å². The number of amides is 1. The lowest BCUT2D eigenvalue weighted by atomic mass is 9.86. The summed E-state index contributed by atoms with van der Waals surface area (Å²) in [5, 5.41) is 23.2. The molecule has 0 unspecified atom stereocenters. The van der Waals surface area contributed by atoms with E-state index in [0.29, 0.717) is 10.6 Å². The molecule has 0 radical (unpaired) electrons. The Hall–Kier alpha value is -4.83. The first-order chi connectivity index (χ1) is 19.3. The number of carboxylic acids is 1. The maximum absolute atomic E-state index is 12.9. The van der Waals surface area contributed by atoms with E-state index in [4.69, 9.17) is 10.2 Å². The number of fused-ring (bicyclic) bond motifs is 2. The second-order valence-corrected chi connectivity index (χ2v) is 15.4. The van der Waals surface area contributed by atoms with Gasteiger partial charge in [0.2, 0.25) is 0 Å². The number of rotatable bonds is 5. The van der Waals surface area contributed by atoms with Crippen LogP contribution in [0.4, 0.5) is 5.69 Å². The minimum absolute atomic E-state index is 0.0853. The Bertz CT molecular complexity index is 1700. The van der Waals surface area contributed by atoms with Crippen LogP contribution in [0, 0.1) is 5.41 Å². The topological polar surface area (TPSA) is 117 Å². The molecule has 0 fully saturated rings. The molecule has 0 atom stereocenters. The summed E-state index contributed by atoms with van der Waals surface area (Å²) < 4.78 is 2.05. The molecule has 2 heterocycles. The number of allylic oxidation sites excluding steroid dienone is 5. The molecule has 41 heavy (non-hydrogen) atoms. The molecule has 0 spiro atoms. The van der Waals surface area contributed by atoms with Gasteiger partial charge in [0, 0.05) is 43.6 Å². The molecule has 10 heteroatoms. The highest BCUT2D eigenvalue weighted by atomic mass is 28.3. The van der Waals surface area contributed by atoms with E-state index in [1.807, 2.05) is 62.0 Å². The number of benzene rings is 2. The number of nitrogens with zero attached hydrogens (tertiary/aromatic N) is 3. The molecule has 0 saturated carbocycles. The minimum Gasteiger partial charge on any atom is -0.545 e. The number of hydroxylamine groups is 2. The monoisotopic (exact) mass is 566 g/mol. The Morgan fingerprint density at radius 3 is 2.32 bits per heavy atom. The fourth-order valence-corrected chi connectivity index (χ4v) is 8.43. The summed E-state index contributed by atoms with van der Waals surface area (Å²) in [4.78, 5) is 44.5. The predicted octanol–water partition coefficient (Wildman–Crippen LogP) is 2.04. The van der Waals surface area contributed by atoms with Gasteiger partial charge in [-0.2, -0.15) is 0 Å². The smallest absolute Gasteiger partial charge is 0.363 e. The van der Waals surface area contributed by atoms with E-state index in [1.165, 1.54) is 28.6 Å². The van der Waals surface area contributed by atoms with E-state index in [9.17, 15) is 19.5 Å². The first kappa shape index (κ1) is 27.7. The third-order valence-corrected chi connectivity index (χ3v) is 11.2. The van der Waals surface area contributed by atoms with Gasteiger partial charge in [-0.3, -0.25) is 10.2 Å². The van der Waals surface area contributed by atoms with Gasteiger partial charge in [0.15, 0.2) is 11.5 Å². The summed E-state index contributed by atoms with van der Waals surface area (Å²) >= 11 is 0. The van der Waals surface area contributed by atoms with Gasteiger partial charge < -0.3 is 19.6 Å². The van der Waals surface area contributed by atoms with Gasteiger partial charge in [-0.15, -0.1) is 5.06 Å². The Labute approximate surface area is 239 Å². The van der Waals surface area contributed by atoms with Crippen LogP contribution in [-0.4, -0.2) is 75.3 Å². The van der Waals surface area contributed by atoms with Gasteiger partial charge in [0.05, 0.1) is 11.5 Å². The van der Waals surface area contributed by atoms with Crippen molar-refractivity contribution < 1.29 is 28.9 Å². The third-order valence-electron chi connectivity index (χ3n) is 7.65. The maximum Gasteiger partial charge on any atom is 0.363 e. The number of carboxylic acid groups (broad SMARTS) is 1. The number of carbonyl (C=O) groups is 3. The molecule has 0 aromatic heterocycles. The van der Waals surface area contributed by atoms with Gasteiger partial charge >= 0.3 is 5.97 Å².